The van der Waals surface area contributed by atoms with Crippen molar-refractivity contribution in [3.05, 3.63) is 72.8 Å². The summed E-state index contributed by atoms with van der Waals surface area (Å²) in [6, 6.07) is 24.0. The number of rotatable bonds is 0. The van der Waals surface area contributed by atoms with Crippen molar-refractivity contribution in [3.63, 3.8) is 0 Å². The number of hydrogen-bond acceptors (Lipinski definition) is 1. The fourth-order valence-corrected chi connectivity index (χ4v) is 0.770. The van der Waals surface area contributed by atoms with Crippen LogP contribution in [0.1, 0.15) is 0 Å². The Labute approximate surface area is 97.3 Å². The van der Waals surface area contributed by atoms with E-state index in [2.05, 4.69) is 11.8 Å². The molecule has 2 aromatic carbocycles. The van der Waals surface area contributed by atoms with Crippen LogP contribution in [0.5, 0.6) is 0 Å². The summed E-state index contributed by atoms with van der Waals surface area (Å²) >= 11 is 4.03. The quantitative estimate of drug-likeness (QED) is 0.711. The van der Waals surface area contributed by atoms with Gasteiger partial charge in [0.1, 0.15) is 0 Å². The fourth-order valence-electron chi connectivity index (χ4n) is 0.770. The van der Waals surface area contributed by atoms with Gasteiger partial charge in [-0.05, 0) is 0 Å². The molecule has 0 fully saturated rings. The predicted octanol–water partition coefficient (Wildman–Crippen LogP) is 3.14. The fraction of sp³-hybridized carbons (Fsp3) is 0. The topological polar surface area (TPSA) is 20.2 Å². The molecule has 1 N–H and O–H groups in total. The van der Waals surface area contributed by atoms with Gasteiger partial charge in [0.05, 0.1) is 0 Å². The lowest BCUT2D eigenvalue weighted by molar-refractivity contribution is 0.662. The van der Waals surface area contributed by atoms with Crippen LogP contribution in [0.4, 0.5) is 0 Å². The Morgan fingerprint density at radius 1 is 0.533 bits per heavy atom. The lowest BCUT2D eigenvalue weighted by Gasteiger charge is -1.69. The number of hydrogen-bond donors (Lipinski definition) is 1. The molecule has 0 aromatic heterocycles. The van der Waals surface area contributed by atoms with Crippen LogP contribution in [0.25, 0.3) is 0 Å². The van der Waals surface area contributed by atoms with E-state index >= 15 is 0 Å². The van der Waals surface area contributed by atoms with E-state index in [-0.39, 0.29) is 0 Å². The minimum absolute atomic E-state index is 0.667. The van der Waals surface area contributed by atoms with Crippen molar-refractivity contribution >= 4 is 19.4 Å². The van der Waals surface area contributed by atoms with Gasteiger partial charge in [0.2, 0.25) is 0 Å². The zero-order valence-corrected chi connectivity index (χ0v) is 10.3. The second-order valence-electron chi connectivity index (χ2n) is 2.41. The van der Waals surface area contributed by atoms with Crippen molar-refractivity contribution in [2.45, 2.75) is 0 Å². The third-order valence-electron chi connectivity index (χ3n) is 1.33. The summed E-state index contributed by atoms with van der Waals surface area (Å²) in [7, 11) is -0.667. The molecule has 15 heavy (non-hydrogen) atoms. The van der Waals surface area contributed by atoms with E-state index in [9.17, 15) is 0 Å². The third-order valence-corrected chi connectivity index (χ3v) is 1.33. The molecular formula is C12H15OPS. The average Bonchev–Trinajstić information content (AvgIpc) is 2.35. The van der Waals surface area contributed by atoms with E-state index in [1.807, 2.05) is 72.8 Å². The van der Waals surface area contributed by atoms with Crippen LogP contribution in [-0.4, -0.2) is 4.89 Å². The molecule has 1 atom stereocenters. The molecule has 0 aliphatic heterocycles. The predicted molar refractivity (Wildman–Crippen MR) is 72.2 cm³/mol. The average molecular weight is 238 g/mol. The molecule has 0 aliphatic rings. The number of benzene rings is 2. The summed E-state index contributed by atoms with van der Waals surface area (Å²) < 4.78 is 0. The first-order valence-electron chi connectivity index (χ1n) is 4.49. The maximum atomic E-state index is 7.47. The van der Waals surface area contributed by atoms with Crippen molar-refractivity contribution in [2.75, 3.05) is 0 Å². The molecule has 2 aromatic rings. The first kappa shape index (κ1) is 14.1. The molecule has 0 radical (unpaired) electrons. The first-order chi connectivity index (χ1) is 7.41. The Balaban J connectivity index is 0.000000210. The van der Waals surface area contributed by atoms with Crippen LogP contribution < -0.4 is 0 Å². The summed E-state index contributed by atoms with van der Waals surface area (Å²) in [5.41, 5.74) is 0. The van der Waals surface area contributed by atoms with Gasteiger partial charge in [0.25, 0.3) is 0 Å². The van der Waals surface area contributed by atoms with Crippen LogP contribution in [-0.2, 0) is 11.8 Å². The highest BCUT2D eigenvalue weighted by Crippen LogP contribution is 1.80. The van der Waals surface area contributed by atoms with Gasteiger partial charge in [-0.3, -0.25) is 0 Å². The summed E-state index contributed by atoms with van der Waals surface area (Å²) in [6.45, 7) is 0. The van der Waals surface area contributed by atoms with Gasteiger partial charge in [-0.2, -0.15) is 0 Å². The van der Waals surface area contributed by atoms with Gasteiger partial charge in [0, 0.05) is 7.58 Å². The lowest BCUT2D eigenvalue weighted by atomic mass is 10.4. The molecular weight excluding hydrogens is 223 g/mol. The maximum absolute atomic E-state index is 7.47. The van der Waals surface area contributed by atoms with Crippen molar-refractivity contribution in [1.29, 1.82) is 0 Å². The van der Waals surface area contributed by atoms with Crippen LogP contribution in [0.15, 0.2) is 72.8 Å². The van der Waals surface area contributed by atoms with Gasteiger partial charge in [0.15, 0.2) is 0 Å². The zero-order chi connectivity index (χ0) is 11.2. The van der Waals surface area contributed by atoms with Crippen molar-refractivity contribution < 1.29 is 4.89 Å². The Hall–Kier alpha value is -0.950. The van der Waals surface area contributed by atoms with Crippen molar-refractivity contribution in [2.24, 2.45) is 0 Å². The Kier molecular flexibility index (Phi) is 12.2. The zero-order valence-electron chi connectivity index (χ0n) is 8.36. The van der Waals surface area contributed by atoms with E-state index in [4.69, 9.17) is 4.89 Å². The highest BCUT2D eigenvalue weighted by atomic mass is 32.4. The maximum Gasteiger partial charge on any atom is 0.0405 e. The minimum Gasteiger partial charge on any atom is -0.371 e. The molecule has 0 aliphatic carbocycles. The van der Waals surface area contributed by atoms with Crippen LogP contribution in [0, 0.1) is 0 Å². The van der Waals surface area contributed by atoms with E-state index < -0.39 is 7.58 Å². The molecule has 80 valence electrons. The molecule has 0 saturated heterocycles. The Bertz CT molecular complexity index is 228. The summed E-state index contributed by atoms with van der Waals surface area (Å²) in [5.74, 6) is 0. The molecule has 1 unspecified atom stereocenters. The monoisotopic (exact) mass is 238 g/mol. The SMILES string of the molecule is O[PH2]=S.c1ccccc1.c1ccccc1. The van der Waals surface area contributed by atoms with E-state index in [1.54, 1.807) is 0 Å². The van der Waals surface area contributed by atoms with Crippen molar-refractivity contribution in [1.82, 2.24) is 0 Å². The van der Waals surface area contributed by atoms with Gasteiger partial charge in [-0.1, -0.05) is 84.6 Å². The summed E-state index contributed by atoms with van der Waals surface area (Å²) in [5, 5.41) is 0. The first-order valence-corrected chi connectivity index (χ1v) is 6.90. The van der Waals surface area contributed by atoms with Gasteiger partial charge < -0.3 is 4.89 Å². The van der Waals surface area contributed by atoms with E-state index in [0.29, 0.717) is 0 Å². The van der Waals surface area contributed by atoms with Gasteiger partial charge in [-0.15, -0.1) is 0 Å². The van der Waals surface area contributed by atoms with Crippen molar-refractivity contribution in [3.8, 4) is 0 Å². The summed E-state index contributed by atoms with van der Waals surface area (Å²) in [4.78, 5) is 7.47. The molecule has 0 saturated carbocycles. The lowest BCUT2D eigenvalue weighted by Crippen LogP contribution is -1.47. The summed E-state index contributed by atoms with van der Waals surface area (Å²) in [6.07, 6.45) is 0. The molecule has 0 spiro atoms. The van der Waals surface area contributed by atoms with Gasteiger partial charge >= 0.3 is 0 Å². The molecule has 0 bridgehead atoms. The standard InChI is InChI=1S/2C6H6.H3OPS/c2*1-2-4-6-5-3-1;1-2-3/h2*1-6H;2H2,(H,1,3). The van der Waals surface area contributed by atoms with Crippen LogP contribution in [0.2, 0.25) is 0 Å². The van der Waals surface area contributed by atoms with E-state index in [0.717, 1.165) is 0 Å². The van der Waals surface area contributed by atoms with E-state index in [1.165, 1.54) is 0 Å². The normalized spacial score (nSPS) is 8.33. The second-order valence-corrected chi connectivity index (χ2v) is 3.26. The molecule has 0 amide bonds. The Morgan fingerprint density at radius 2 is 0.600 bits per heavy atom. The highest BCUT2D eigenvalue weighted by Gasteiger charge is 1.58. The Morgan fingerprint density at radius 3 is 0.667 bits per heavy atom. The smallest absolute Gasteiger partial charge is 0.0405 e. The van der Waals surface area contributed by atoms with Crippen LogP contribution >= 0.6 is 7.58 Å². The van der Waals surface area contributed by atoms with Gasteiger partial charge in [-0.25, -0.2) is 0 Å². The second kappa shape index (κ2) is 13.1. The van der Waals surface area contributed by atoms with Crippen LogP contribution in [0.3, 0.4) is 0 Å². The molecule has 0 heterocycles. The highest BCUT2D eigenvalue weighted by molar-refractivity contribution is 7.94. The third kappa shape index (κ3) is 13.1. The molecule has 2 rings (SSSR count). The minimum atomic E-state index is -0.667. The molecule has 1 nitrogen and oxygen atoms in total. The largest absolute Gasteiger partial charge is 0.371 e. The molecule has 3 heteroatoms.